The summed E-state index contributed by atoms with van der Waals surface area (Å²) in [6.45, 7) is 7.34. The highest BCUT2D eigenvalue weighted by molar-refractivity contribution is 5.03. The maximum absolute atomic E-state index is 9.33. The van der Waals surface area contributed by atoms with Crippen LogP contribution in [0.3, 0.4) is 0 Å². The van der Waals surface area contributed by atoms with Crippen LogP contribution >= 0.6 is 0 Å². The molecule has 0 radical (unpaired) electrons. The second-order valence-electron chi connectivity index (χ2n) is 3.79. The van der Waals surface area contributed by atoms with Crippen molar-refractivity contribution in [3.05, 3.63) is 12.2 Å². The first-order valence-corrected chi connectivity index (χ1v) is 3.75. The first-order valence-electron chi connectivity index (χ1n) is 3.75. The summed E-state index contributed by atoms with van der Waals surface area (Å²) in [7, 11) is 1.65. The van der Waals surface area contributed by atoms with Crippen LogP contribution in [0.25, 0.3) is 0 Å². The number of rotatable bonds is 3. The SMILES string of the molecule is COC(C)(C)/C=C\C(C)(C)O. The lowest BCUT2D eigenvalue weighted by molar-refractivity contribution is 0.0618. The molecule has 0 aliphatic carbocycles. The Bertz CT molecular complexity index is 140. The van der Waals surface area contributed by atoms with Gasteiger partial charge < -0.3 is 9.84 Å². The molecule has 1 N–H and O–H groups in total. The molecular weight excluding hydrogens is 140 g/mol. The monoisotopic (exact) mass is 158 g/mol. The van der Waals surface area contributed by atoms with Crippen LogP contribution in [0.2, 0.25) is 0 Å². The molecule has 2 nitrogen and oxygen atoms in total. The number of ether oxygens (including phenoxy) is 1. The molecule has 11 heavy (non-hydrogen) atoms. The molecule has 66 valence electrons. The van der Waals surface area contributed by atoms with Crippen molar-refractivity contribution in [1.29, 1.82) is 0 Å². The molecule has 0 saturated heterocycles. The van der Waals surface area contributed by atoms with E-state index >= 15 is 0 Å². The molecule has 0 rings (SSSR count). The lowest BCUT2D eigenvalue weighted by atomic mass is 10.0. The second-order valence-corrected chi connectivity index (χ2v) is 3.79. The van der Waals surface area contributed by atoms with Crippen LogP contribution in [0.1, 0.15) is 27.7 Å². The predicted octanol–water partition coefficient (Wildman–Crippen LogP) is 1.74. The molecule has 0 spiro atoms. The highest BCUT2D eigenvalue weighted by Crippen LogP contribution is 2.12. The highest BCUT2D eigenvalue weighted by atomic mass is 16.5. The summed E-state index contributed by atoms with van der Waals surface area (Å²) < 4.78 is 5.14. The van der Waals surface area contributed by atoms with E-state index in [9.17, 15) is 5.11 Å². The van der Waals surface area contributed by atoms with Crippen LogP contribution in [0, 0.1) is 0 Å². The van der Waals surface area contributed by atoms with Gasteiger partial charge in [-0.25, -0.2) is 0 Å². The molecule has 0 fully saturated rings. The van der Waals surface area contributed by atoms with Crippen molar-refractivity contribution in [2.75, 3.05) is 7.11 Å². The molecule has 2 heteroatoms. The molecule has 0 atom stereocenters. The van der Waals surface area contributed by atoms with Crippen molar-refractivity contribution in [1.82, 2.24) is 0 Å². The Labute approximate surface area is 68.9 Å². The zero-order chi connectivity index (χ0) is 9.12. The molecule has 0 aromatic carbocycles. The molecule has 0 unspecified atom stereocenters. The maximum Gasteiger partial charge on any atom is 0.0803 e. The average Bonchev–Trinajstić information content (AvgIpc) is 1.83. The smallest absolute Gasteiger partial charge is 0.0803 e. The third-order valence-corrected chi connectivity index (χ3v) is 1.42. The van der Waals surface area contributed by atoms with Gasteiger partial charge in [0.25, 0.3) is 0 Å². The van der Waals surface area contributed by atoms with Crippen LogP contribution in [0.15, 0.2) is 12.2 Å². The summed E-state index contributed by atoms with van der Waals surface area (Å²) in [4.78, 5) is 0. The van der Waals surface area contributed by atoms with Crippen LogP contribution in [0.5, 0.6) is 0 Å². The minimum atomic E-state index is -0.754. The van der Waals surface area contributed by atoms with Crippen LogP contribution in [-0.2, 0) is 4.74 Å². The van der Waals surface area contributed by atoms with Crippen molar-refractivity contribution < 1.29 is 9.84 Å². The van der Waals surface area contributed by atoms with E-state index in [1.807, 2.05) is 19.9 Å². The quantitative estimate of drug-likeness (QED) is 0.634. The van der Waals surface area contributed by atoms with Gasteiger partial charge in [0.1, 0.15) is 0 Å². The van der Waals surface area contributed by atoms with Crippen molar-refractivity contribution in [2.45, 2.75) is 38.9 Å². The van der Waals surface area contributed by atoms with Crippen molar-refractivity contribution in [3.8, 4) is 0 Å². The Morgan fingerprint density at radius 1 is 1.09 bits per heavy atom. The van der Waals surface area contributed by atoms with E-state index in [0.717, 1.165) is 0 Å². The summed E-state index contributed by atoms with van der Waals surface area (Å²) in [6, 6.07) is 0. The normalized spacial score (nSPS) is 14.4. The predicted molar refractivity (Wildman–Crippen MR) is 46.5 cm³/mol. The molecule has 0 aromatic rings. The van der Waals surface area contributed by atoms with Crippen molar-refractivity contribution in [3.63, 3.8) is 0 Å². The Hall–Kier alpha value is -0.340. The van der Waals surface area contributed by atoms with Gasteiger partial charge in [-0.3, -0.25) is 0 Å². The van der Waals surface area contributed by atoms with E-state index in [1.54, 1.807) is 27.0 Å². The maximum atomic E-state index is 9.33. The summed E-state index contributed by atoms with van der Waals surface area (Å²) >= 11 is 0. The van der Waals surface area contributed by atoms with Crippen LogP contribution < -0.4 is 0 Å². The van der Waals surface area contributed by atoms with E-state index in [1.165, 1.54) is 0 Å². The van der Waals surface area contributed by atoms with E-state index in [4.69, 9.17) is 4.74 Å². The Morgan fingerprint density at radius 2 is 1.55 bits per heavy atom. The van der Waals surface area contributed by atoms with Gasteiger partial charge in [0.15, 0.2) is 0 Å². The molecule has 0 heterocycles. The van der Waals surface area contributed by atoms with Gasteiger partial charge in [-0.1, -0.05) is 12.2 Å². The van der Waals surface area contributed by atoms with Gasteiger partial charge in [-0.05, 0) is 27.7 Å². The third kappa shape index (κ3) is 6.07. The average molecular weight is 158 g/mol. The molecule has 0 aliphatic rings. The van der Waals surface area contributed by atoms with E-state index < -0.39 is 5.60 Å². The molecular formula is C9H18O2. The summed E-state index contributed by atoms with van der Waals surface area (Å²) in [5, 5.41) is 9.33. The zero-order valence-corrected chi connectivity index (χ0v) is 8.01. The second kappa shape index (κ2) is 3.37. The fourth-order valence-corrected chi connectivity index (χ4v) is 0.473. The van der Waals surface area contributed by atoms with E-state index in [2.05, 4.69) is 0 Å². The van der Waals surface area contributed by atoms with Crippen molar-refractivity contribution >= 4 is 0 Å². The molecule has 0 bridgehead atoms. The number of aliphatic hydroxyl groups is 1. The fraction of sp³-hybridized carbons (Fsp3) is 0.778. The largest absolute Gasteiger partial charge is 0.386 e. The topological polar surface area (TPSA) is 29.5 Å². The lowest BCUT2D eigenvalue weighted by Crippen LogP contribution is -2.22. The molecule has 0 amide bonds. The number of hydrogen-bond donors (Lipinski definition) is 1. The molecule has 0 aliphatic heterocycles. The minimum Gasteiger partial charge on any atom is -0.386 e. The van der Waals surface area contributed by atoms with E-state index in [0.29, 0.717) is 0 Å². The molecule has 0 aromatic heterocycles. The first-order chi connectivity index (χ1) is 4.77. The van der Waals surface area contributed by atoms with Gasteiger partial charge in [-0.15, -0.1) is 0 Å². The zero-order valence-electron chi connectivity index (χ0n) is 8.01. The minimum absolute atomic E-state index is 0.292. The first kappa shape index (κ1) is 10.7. The van der Waals surface area contributed by atoms with E-state index in [-0.39, 0.29) is 5.60 Å². The summed E-state index contributed by atoms with van der Waals surface area (Å²) in [5.41, 5.74) is -1.05. The van der Waals surface area contributed by atoms with Gasteiger partial charge in [0.2, 0.25) is 0 Å². The van der Waals surface area contributed by atoms with Crippen LogP contribution in [0.4, 0.5) is 0 Å². The van der Waals surface area contributed by atoms with Crippen LogP contribution in [-0.4, -0.2) is 23.4 Å². The van der Waals surface area contributed by atoms with Gasteiger partial charge in [0.05, 0.1) is 11.2 Å². The number of methoxy groups -OCH3 is 1. The summed E-state index contributed by atoms with van der Waals surface area (Å²) in [5.74, 6) is 0. The summed E-state index contributed by atoms with van der Waals surface area (Å²) in [6.07, 6.45) is 3.59. The van der Waals surface area contributed by atoms with Gasteiger partial charge >= 0.3 is 0 Å². The Balaban J connectivity index is 4.13. The highest BCUT2D eigenvalue weighted by Gasteiger charge is 2.14. The van der Waals surface area contributed by atoms with Gasteiger partial charge in [0, 0.05) is 7.11 Å². The van der Waals surface area contributed by atoms with Gasteiger partial charge in [-0.2, -0.15) is 0 Å². The Morgan fingerprint density at radius 3 is 1.82 bits per heavy atom. The number of hydrogen-bond acceptors (Lipinski definition) is 2. The van der Waals surface area contributed by atoms with Crippen molar-refractivity contribution in [2.24, 2.45) is 0 Å². The third-order valence-electron chi connectivity index (χ3n) is 1.42. The standard InChI is InChI=1S/C9H18O2/c1-8(2,10)6-7-9(3,4)11-5/h6-7,10H,1-5H3/b7-6-. The Kier molecular flexibility index (Phi) is 3.27. The fourth-order valence-electron chi connectivity index (χ4n) is 0.473. The lowest BCUT2D eigenvalue weighted by Gasteiger charge is -2.20. The molecule has 0 saturated carbocycles.